The zero-order valence-electron chi connectivity index (χ0n) is 16.9. The third-order valence-corrected chi connectivity index (χ3v) is 5.91. The van der Waals surface area contributed by atoms with Gasteiger partial charge in [0.25, 0.3) is 17.5 Å². The molecule has 0 saturated heterocycles. The number of carbonyl (C=O) groups excluding carboxylic acids is 2. The molecule has 0 bridgehead atoms. The number of hydrogen-bond acceptors (Lipinski definition) is 6. The lowest BCUT2D eigenvalue weighted by molar-refractivity contribution is -0.384. The van der Waals surface area contributed by atoms with Crippen LogP contribution in [-0.4, -0.2) is 26.7 Å². The van der Waals surface area contributed by atoms with Crippen LogP contribution in [0, 0.1) is 10.1 Å². The molecule has 166 valence electrons. The van der Waals surface area contributed by atoms with E-state index in [2.05, 4.69) is 20.8 Å². The van der Waals surface area contributed by atoms with Gasteiger partial charge in [0.1, 0.15) is 0 Å². The number of amides is 2. The Bertz CT molecular complexity index is 1320. The second-order valence-corrected chi connectivity index (χ2v) is 8.25. The molecule has 0 radical (unpaired) electrons. The van der Waals surface area contributed by atoms with E-state index < -0.39 is 16.7 Å². The molecular formula is C22H16ClN5O4S. The number of nitrogens with one attached hydrogen (secondary N) is 3. The van der Waals surface area contributed by atoms with Crippen LogP contribution in [0.3, 0.4) is 0 Å². The van der Waals surface area contributed by atoms with Crippen LogP contribution in [0.4, 0.5) is 5.69 Å². The summed E-state index contributed by atoms with van der Waals surface area (Å²) >= 11 is 7.48. The fourth-order valence-electron chi connectivity index (χ4n) is 2.96. The standard InChI is InChI=1S/C22H16ClN5O4S/c23-17-11-15(28(31)32)9-10-16(17)21(30)27-26-20(29)14-7-5-13(6-8-14)12-33-22-24-18-3-1-2-4-19(18)25-22/h1-11H,12H2,(H,24,25)(H,26,29)(H,27,30). The Morgan fingerprint density at radius 1 is 1.03 bits per heavy atom. The first kappa shape index (κ1) is 22.3. The lowest BCUT2D eigenvalue weighted by Crippen LogP contribution is -2.41. The number of nitrogens with zero attached hydrogens (tertiary/aromatic N) is 2. The monoisotopic (exact) mass is 481 g/mol. The number of rotatable bonds is 6. The number of nitro benzene ring substituents is 1. The predicted molar refractivity (Wildman–Crippen MR) is 125 cm³/mol. The molecule has 0 fully saturated rings. The molecule has 0 unspecified atom stereocenters. The highest BCUT2D eigenvalue weighted by molar-refractivity contribution is 7.98. The highest BCUT2D eigenvalue weighted by Crippen LogP contribution is 2.24. The second kappa shape index (κ2) is 9.72. The molecule has 0 atom stereocenters. The van der Waals surface area contributed by atoms with Gasteiger partial charge in [0.05, 0.1) is 26.5 Å². The highest BCUT2D eigenvalue weighted by Gasteiger charge is 2.16. The average Bonchev–Trinajstić information content (AvgIpc) is 3.24. The van der Waals surface area contributed by atoms with Crippen molar-refractivity contribution in [2.45, 2.75) is 10.9 Å². The summed E-state index contributed by atoms with van der Waals surface area (Å²) in [4.78, 5) is 42.5. The number of thioether (sulfide) groups is 1. The Hall–Kier alpha value is -3.89. The maximum absolute atomic E-state index is 12.3. The summed E-state index contributed by atoms with van der Waals surface area (Å²) in [6, 6.07) is 18.2. The van der Waals surface area contributed by atoms with Gasteiger partial charge in [-0.15, -0.1) is 0 Å². The van der Waals surface area contributed by atoms with Crippen molar-refractivity contribution in [3.05, 3.63) is 98.6 Å². The van der Waals surface area contributed by atoms with Gasteiger partial charge in [-0.1, -0.05) is 47.6 Å². The average molecular weight is 482 g/mol. The topological polar surface area (TPSA) is 130 Å². The van der Waals surface area contributed by atoms with Crippen molar-refractivity contribution in [1.82, 2.24) is 20.8 Å². The first-order valence-electron chi connectivity index (χ1n) is 9.62. The fraction of sp³-hybridized carbons (Fsp3) is 0.0455. The molecule has 2 amide bonds. The number of benzene rings is 3. The lowest BCUT2D eigenvalue weighted by atomic mass is 10.1. The number of H-pyrrole nitrogens is 1. The summed E-state index contributed by atoms with van der Waals surface area (Å²) in [7, 11) is 0. The van der Waals surface area contributed by atoms with Crippen LogP contribution in [0.2, 0.25) is 5.02 Å². The normalized spacial score (nSPS) is 10.7. The number of aromatic nitrogens is 2. The van der Waals surface area contributed by atoms with E-state index in [-0.39, 0.29) is 16.3 Å². The number of imidazole rings is 1. The number of hydrogen-bond donors (Lipinski definition) is 3. The Labute approximate surface area is 196 Å². The molecule has 0 saturated carbocycles. The molecule has 11 heteroatoms. The van der Waals surface area contributed by atoms with Crippen molar-refractivity contribution in [3.8, 4) is 0 Å². The zero-order chi connectivity index (χ0) is 23.4. The minimum absolute atomic E-state index is 0.000488. The minimum atomic E-state index is -0.692. The molecule has 4 rings (SSSR count). The first-order valence-corrected chi connectivity index (χ1v) is 11.0. The fourth-order valence-corrected chi connectivity index (χ4v) is 4.06. The van der Waals surface area contributed by atoms with Crippen LogP contribution in [0.1, 0.15) is 26.3 Å². The Morgan fingerprint density at radius 3 is 2.45 bits per heavy atom. The van der Waals surface area contributed by atoms with E-state index in [1.165, 1.54) is 6.07 Å². The van der Waals surface area contributed by atoms with E-state index in [1.807, 2.05) is 36.4 Å². The maximum atomic E-state index is 12.3. The van der Waals surface area contributed by atoms with Gasteiger partial charge < -0.3 is 4.98 Å². The quantitative estimate of drug-likeness (QED) is 0.211. The number of nitro groups is 1. The first-order chi connectivity index (χ1) is 15.9. The van der Waals surface area contributed by atoms with E-state index in [0.717, 1.165) is 33.9 Å². The number of para-hydroxylation sites is 2. The van der Waals surface area contributed by atoms with Gasteiger partial charge in [-0.25, -0.2) is 4.98 Å². The van der Waals surface area contributed by atoms with Crippen LogP contribution in [0.5, 0.6) is 0 Å². The number of aromatic amines is 1. The van der Waals surface area contributed by atoms with Crippen molar-refractivity contribution in [2.24, 2.45) is 0 Å². The van der Waals surface area contributed by atoms with Crippen LogP contribution in [0.15, 0.2) is 71.9 Å². The third-order valence-electron chi connectivity index (χ3n) is 4.66. The second-order valence-electron chi connectivity index (χ2n) is 6.87. The third kappa shape index (κ3) is 5.30. The molecule has 0 spiro atoms. The number of hydrazine groups is 1. The van der Waals surface area contributed by atoms with Crippen molar-refractivity contribution in [2.75, 3.05) is 0 Å². The number of halogens is 1. The molecule has 1 aromatic heterocycles. The van der Waals surface area contributed by atoms with Crippen molar-refractivity contribution in [3.63, 3.8) is 0 Å². The molecule has 1 heterocycles. The van der Waals surface area contributed by atoms with Gasteiger partial charge in [0.15, 0.2) is 5.16 Å². The Kier molecular flexibility index (Phi) is 6.57. The number of carbonyl (C=O) groups is 2. The van der Waals surface area contributed by atoms with E-state index >= 15 is 0 Å². The van der Waals surface area contributed by atoms with Crippen LogP contribution in [-0.2, 0) is 5.75 Å². The molecule has 9 nitrogen and oxygen atoms in total. The smallest absolute Gasteiger partial charge is 0.271 e. The molecule has 0 aliphatic carbocycles. The SMILES string of the molecule is O=C(NNC(=O)c1ccc([N+](=O)[O-])cc1Cl)c1ccc(CSc2nc3ccccc3[nH]2)cc1. The van der Waals surface area contributed by atoms with Gasteiger partial charge in [-0.3, -0.25) is 30.6 Å². The van der Waals surface area contributed by atoms with E-state index in [1.54, 1.807) is 23.9 Å². The molecule has 0 aliphatic heterocycles. The van der Waals surface area contributed by atoms with Gasteiger partial charge >= 0.3 is 0 Å². The van der Waals surface area contributed by atoms with Gasteiger partial charge in [-0.05, 0) is 35.9 Å². The molecular weight excluding hydrogens is 466 g/mol. The van der Waals surface area contributed by atoms with Crippen molar-refractivity contribution in [1.29, 1.82) is 0 Å². The summed E-state index contributed by atoms with van der Waals surface area (Å²) in [5.41, 5.74) is 7.55. The van der Waals surface area contributed by atoms with E-state index in [9.17, 15) is 19.7 Å². The van der Waals surface area contributed by atoms with E-state index in [4.69, 9.17) is 11.6 Å². The molecule has 3 N–H and O–H groups in total. The predicted octanol–water partition coefficient (Wildman–Crippen LogP) is 4.49. The molecule has 0 aliphatic rings. The summed E-state index contributed by atoms with van der Waals surface area (Å²) in [6.07, 6.45) is 0. The van der Waals surface area contributed by atoms with E-state index in [0.29, 0.717) is 11.3 Å². The van der Waals surface area contributed by atoms with Crippen molar-refractivity contribution < 1.29 is 14.5 Å². The largest absolute Gasteiger partial charge is 0.333 e. The van der Waals surface area contributed by atoms with Gasteiger partial charge in [0, 0.05) is 23.4 Å². The highest BCUT2D eigenvalue weighted by atomic mass is 35.5. The summed E-state index contributed by atoms with van der Waals surface area (Å²) < 4.78 is 0. The number of non-ortho nitro benzene ring substituents is 1. The van der Waals surface area contributed by atoms with Crippen LogP contribution in [0.25, 0.3) is 11.0 Å². The number of fused-ring (bicyclic) bond motifs is 1. The zero-order valence-corrected chi connectivity index (χ0v) is 18.4. The summed E-state index contributed by atoms with van der Waals surface area (Å²) in [5, 5.41) is 11.5. The Balaban J connectivity index is 1.31. The minimum Gasteiger partial charge on any atom is -0.333 e. The summed E-state index contributed by atoms with van der Waals surface area (Å²) in [5.74, 6) is -0.545. The van der Waals surface area contributed by atoms with Crippen molar-refractivity contribution >= 4 is 51.9 Å². The maximum Gasteiger partial charge on any atom is 0.271 e. The Morgan fingerprint density at radius 2 is 1.76 bits per heavy atom. The van der Waals surface area contributed by atoms with Crippen LogP contribution < -0.4 is 10.9 Å². The lowest BCUT2D eigenvalue weighted by Gasteiger charge is -2.09. The summed E-state index contributed by atoms with van der Waals surface area (Å²) in [6.45, 7) is 0. The van der Waals surface area contributed by atoms with Gasteiger partial charge in [-0.2, -0.15) is 0 Å². The molecule has 33 heavy (non-hydrogen) atoms. The van der Waals surface area contributed by atoms with Crippen LogP contribution >= 0.6 is 23.4 Å². The molecule has 3 aromatic carbocycles. The molecule has 4 aromatic rings. The van der Waals surface area contributed by atoms with Gasteiger partial charge in [0.2, 0.25) is 0 Å².